The molecule has 0 saturated heterocycles. The van der Waals surface area contributed by atoms with Gasteiger partial charge in [0, 0.05) is 0 Å². The minimum atomic E-state index is -1.40. The van der Waals surface area contributed by atoms with Crippen LogP contribution >= 0.6 is 0 Å². The van der Waals surface area contributed by atoms with E-state index in [0.29, 0.717) is 0 Å². The first-order valence-corrected chi connectivity index (χ1v) is 19.3. The maximum atomic E-state index is 10.3. The molecule has 1 aromatic carbocycles. The summed E-state index contributed by atoms with van der Waals surface area (Å²) in [4.78, 5) is 20.5. The van der Waals surface area contributed by atoms with E-state index in [4.69, 9.17) is 0 Å². The van der Waals surface area contributed by atoms with Crippen LogP contribution in [0.5, 0.6) is 0 Å². The van der Waals surface area contributed by atoms with Crippen molar-refractivity contribution in [1.29, 1.82) is 0 Å². The molecular weight excluding hydrogens is 572 g/mol. The minimum absolute atomic E-state index is 0.170. The first-order valence-electron chi connectivity index (χ1n) is 19.3. The van der Waals surface area contributed by atoms with E-state index in [9.17, 15) is 19.8 Å². The summed E-state index contributed by atoms with van der Waals surface area (Å²) in [6.45, 7) is 30.0. The second kappa shape index (κ2) is 30.4. The molecule has 0 bridgehead atoms. The Morgan fingerprint density at radius 3 is 0.783 bits per heavy atom. The van der Waals surface area contributed by atoms with Crippen LogP contribution in [0, 0.1) is 0 Å². The van der Waals surface area contributed by atoms with Gasteiger partial charge in [-0.05, 0) is 68.6 Å². The minimum Gasteiger partial charge on any atom is -0.545 e. The van der Waals surface area contributed by atoms with Crippen LogP contribution in [0.15, 0.2) is 24.3 Å². The molecule has 0 aliphatic rings. The topological polar surface area (TPSA) is 80.3 Å². The predicted octanol–water partition coefficient (Wildman–Crippen LogP) is 8.42. The maximum absolute atomic E-state index is 10.3. The SMILES string of the molecule is CCCC[N+](CCCC)(CCCC)CCCC.CCCC[N+](CCCC)(CCCC)CCCC.O=C([O-])c1cccc(C(=O)[O-])c1. The van der Waals surface area contributed by atoms with Crippen LogP contribution in [0.1, 0.15) is 179 Å². The van der Waals surface area contributed by atoms with E-state index >= 15 is 0 Å². The first kappa shape index (κ1) is 46.2. The van der Waals surface area contributed by atoms with E-state index in [1.54, 1.807) is 0 Å². The number of benzene rings is 1. The third-order valence-electron chi connectivity index (χ3n) is 9.22. The largest absolute Gasteiger partial charge is 0.545 e. The number of carboxylic acid groups (broad SMARTS) is 2. The summed E-state index contributed by atoms with van der Waals surface area (Å²) in [6, 6.07) is 4.81. The van der Waals surface area contributed by atoms with E-state index < -0.39 is 11.9 Å². The van der Waals surface area contributed by atoms with Gasteiger partial charge in [-0.15, -0.1) is 0 Å². The van der Waals surface area contributed by atoms with Gasteiger partial charge in [0.15, 0.2) is 0 Å². The number of carbonyl (C=O) groups is 2. The molecule has 0 fully saturated rings. The summed E-state index contributed by atoms with van der Waals surface area (Å²) in [6.07, 6.45) is 22.1. The smallest absolute Gasteiger partial charge is 0.0786 e. The van der Waals surface area contributed by atoms with Crippen LogP contribution in [0.4, 0.5) is 0 Å². The van der Waals surface area contributed by atoms with Gasteiger partial charge in [-0.1, -0.05) is 125 Å². The van der Waals surface area contributed by atoms with Gasteiger partial charge >= 0.3 is 0 Å². The zero-order valence-corrected chi connectivity index (χ0v) is 31.8. The highest BCUT2D eigenvalue weighted by Gasteiger charge is 2.25. The molecule has 0 unspecified atom stereocenters. The van der Waals surface area contributed by atoms with Crippen LogP contribution in [0.25, 0.3) is 0 Å². The van der Waals surface area contributed by atoms with Crippen molar-refractivity contribution in [2.75, 3.05) is 52.4 Å². The lowest BCUT2D eigenvalue weighted by atomic mass is 10.1. The molecule has 46 heavy (non-hydrogen) atoms. The van der Waals surface area contributed by atoms with E-state index in [1.165, 1.54) is 182 Å². The normalized spacial score (nSPS) is 11.3. The van der Waals surface area contributed by atoms with Gasteiger partial charge in [0.2, 0.25) is 0 Å². The van der Waals surface area contributed by atoms with Crippen molar-refractivity contribution < 1.29 is 28.8 Å². The summed E-state index contributed by atoms with van der Waals surface area (Å²) < 4.78 is 2.84. The predicted molar refractivity (Wildman–Crippen MR) is 194 cm³/mol. The average Bonchev–Trinajstić information content (AvgIpc) is 3.07. The lowest BCUT2D eigenvalue weighted by molar-refractivity contribution is -0.929. The van der Waals surface area contributed by atoms with Gasteiger partial charge in [0.05, 0.1) is 64.3 Å². The molecule has 0 aromatic heterocycles. The van der Waals surface area contributed by atoms with Crippen LogP contribution in [0.3, 0.4) is 0 Å². The van der Waals surface area contributed by atoms with E-state index in [1.807, 2.05) is 0 Å². The number of unbranched alkanes of at least 4 members (excludes halogenated alkanes) is 8. The second-order valence-corrected chi connectivity index (χ2v) is 13.5. The number of carbonyl (C=O) groups excluding carboxylic acids is 2. The first-order chi connectivity index (χ1) is 22.1. The number of hydrogen-bond acceptors (Lipinski definition) is 4. The molecule has 6 nitrogen and oxygen atoms in total. The van der Waals surface area contributed by atoms with Crippen molar-refractivity contribution >= 4 is 11.9 Å². The Balaban J connectivity index is 0. The average molecular weight is 649 g/mol. The molecule has 0 atom stereocenters. The molecule has 0 aliphatic heterocycles. The summed E-state index contributed by atoms with van der Waals surface area (Å²) in [5.74, 6) is -2.81. The Hall–Kier alpha value is -1.92. The van der Waals surface area contributed by atoms with Gasteiger partial charge in [0.1, 0.15) is 0 Å². The molecule has 0 spiro atoms. The van der Waals surface area contributed by atoms with Crippen molar-refractivity contribution in [1.82, 2.24) is 0 Å². The fourth-order valence-electron chi connectivity index (χ4n) is 6.06. The molecular formula is C40H76N2O4. The van der Waals surface area contributed by atoms with Crippen molar-refractivity contribution in [3.63, 3.8) is 0 Å². The Morgan fingerprint density at radius 2 is 0.630 bits per heavy atom. The zero-order chi connectivity index (χ0) is 35.1. The Labute approximate surface area is 286 Å². The molecule has 0 aliphatic carbocycles. The maximum Gasteiger partial charge on any atom is 0.0786 e. The van der Waals surface area contributed by atoms with Gasteiger partial charge in [0.25, 0.3) is 0 Å². The second-order valence-electron chi connectivity index (χ2n) is 13.5. The molecule has 1 rings (SSSR count). The fourth-order valence-corrected chi connectivity index (χ4v) is 6.06. The van der Waals surface area contributed by atoms with Crippen LogP contribution in [-0.4, -0.2) is 73.3 Å². The Kier molecular flexibility index (Phi) is 30.5. The van der Waals surface area contributed by atoms with Crippen LogP contribution in [-0.2, 0) is 0 Å². The van der Waals surface area contributed by atoms with Crippen LogP contribution < -0.4 is 10.2 Å². The fraction of sp³-hybridized carbons (Fsp3) is 0.800. The summed E-state index contributed by atoms with van der Waals surface area (Å²) in [5, 5.41) is 20.5. The summed E-state index contributed by atoms with van der Waals surface area (Å²) in [5.41, 5.74) is -0.339. The number of rotatable bonds is 26. The molecule has 270 valence electrons. The standard InChI is InChI=1S/2C16H36N.C8H6O4/c2*1-5-9-13-17(14-10-6-2,15-11-7-3)16-12-8-4;9-7(10)5-2-1-3-6(4-5)8(11)12/h2*5-16H2,1-4H3;1-4H,(H,9,10)(H,11,12)/q2*+1;/p-2. The third kappa shape index (κ3) is 22.6. The lowest BCUT2D eigenvalue weighted by Gasteiger charge is -2.39. The van der Waals surface area contributed by atoms with Gasteiger partial charge in [-0.3, -0.25) is 0 Å². The zero-order valence-electron chi connectivity index (χ0n) is 31.8. The Morgan fingerprint density at radius 1 is 0.435 bits per heavy atom. The quantitative estimate of drug-likeness (QED) is 0.0945. The third-order valence-corrected chi connectivity index (χ3v) is 9.22. The van der Waals surface area contributed by atoms with Gasteiger partial charge < -0.3 is 28.8 Å². The van der Waals surface area contributed by atoms with Gasteiger partial charge in [-0.2, -0.15) is 0 Å². The van der Waals surface area contributed by atoms with E-state index in [-0.39, 0.29) is 11.1 Å². The number of hydrogen-bond donors (Lipinski definition) is 0. The number of quaternary nitrogens is 2. The van der Waals surface area contributed by atoms with Crippen molar-refractivity contribution in [2.45, 2.75) is 158 Å². The van der Waals surface area contributed by atoms with Crippen LogP contribution in [0.2, 0.25) is 0 Å². The number of carboxylic acids is 2. The summed E-state index contributed by atoms with van der Waals surface area (Å²) in [7, 11) is 0. The van der Waals surface area contributed by atoms with Crippen molar-refractivity contribution in [2.24, 2.45) is 0 Å². The molecule has 0 N–H and O–H groups in total. The van der Waals surface area contributed by atoms with E-state index in [0.717, 1.165) is 6.07 Å². The number of aromatic carboxylic acids is 2. The number of nitrogens with zero attached hydrogens (tertiary/aromatic N) is 2. The Bertz CT molecular complexity index is 717. The van der Waals surface area contributed by atoms with E-state index in [2.05, 4.69) is 55.4 Å². The monoisotopic (exact) mass is 649 g/mol. The molecule has 0 amide bonds. The highest BCUT2D eigenvalue weighted by molar-refractivity contribution is 5.91. The molecule has 0 heterocycles. The van der Waals surface area contributed by atoms with Crippen molar-refractivity contribution in [3.05, 3.63) is 35.4 Å². The lowest BCUT2D eigenvalue weighted by Crippen LogP contribution is -2.50. The molecule has 0 radical (unpaired) electrons. The highest BCUT2D eigenvalue weighted by Crippen LogP contribution is 2.17. The highest BCUT2D eigenvalue weighted by atomic mass is 16.4. The molecule has 0 saturated carbocycles. The van der Waals surface area contributed by atoms with Gasteiger partial charge in [-0.25, -0.2) is 0 Å². The molecule has 1 aromatic rings. The molecule has 6 heteroatoms. The summed E-state index contributed by atoms with van der Waals surface area (Å²) >= 11 is 0. The van der Waals surface area contributed by atoms with Crippen molar-refractivity contribution in [3.8, 4) is 0 Å².